The Labute approximate surface area is 107 Å². The van der Waals surface area contributed by atoms with Gasteiger partial charge in [0, 0.05) is 11.1 Å². The van der Waals surface area contributed by atoms with Gasteiger partial charge in [0.05, 0.1) is 0 Å². The number of hydrazine groups is 1. The third-order valence-electron chi connectivity index (χ3n) is 2.74. The number of rotatable bonds is 2. The zero-order valence-corrected chi connectivity index (χ0v) is 11.2. The lowest BCUT2D eigenvalue weighted by molar-refractivity contribution is 0.101. The average Bonchev–Trinajstić information content (AvgIpc) is 2.29. The Morgan fingerprint density at radius 3 is 2.17 bits per heavy atom. The van der Waals surface area contributed by atoms with E-state index < -0.39 is 0 Å². The molecule has 0 unspecified atom stereocenters. The van der Waals surface area contributed by atoms with Crippen LogP contribution in [0.15, 0.2) is 23.3 Å². The van der Waals surface area contributed by atoms with E-state index in [0.717, 1.165) is 5.56 Å². The van der Waals surface area contributed by atoms with Gasteiger partial charge in [0.15, 0.2) is 11.6 Å². The summed E-state index contributed by atoms with van der Waals surface area (Å²) in [5.41, 5.74) is 4.71. The molecule has 0 heterocycles. The molecule has 1 rings (SSSR count). The van der Waals surface area contributed by atoms with Gasteiger partial charge in [0.25, 0.3) is 0 Å². The first-order chi connectivity index (χ1) is 8.29. The molecule has 1 aromatic carbocycles. The van der Waals surface area contributed by atoms with Crippen LogP contribution in [0.4, 0.5) is 0 Å². The molecule has 5 N–H and O–H groups in total. The van der Waals surface area contributed by atoms with Gasteiger partial charge in [-0.05, 0) is 36.1 Å². The summed E-state index contributed by atoms with van der Waals surface area (Å²) in [5, 5.41) is 3.57. The van der Waals surface area contributed by atoms with Crippen LogP contribution in [0, 0.1) is 0 Å². The van der Waals surface area contributed by atoms with Crippen LogP contribution >= 0.6 is 0 Å². The molecule has 0 saturated heterocycles. The average molecular weight is 248 g/mol. The monoisotopic (exact) mass is 248 g/mol. The van der Waals surface area contributed by atoms with E-state index in [2.05, 4.69) is 31.3 Å². The number of hydrogen-bond acceptors (Lipinski definition) is 4. The molecular formula is C13H20N4O. The number of nitrogens with two attached hydrogens (primary N) is 2. The molecule has 0 spiro atoms. The molecule has 0 amide bonds. The number of amidine groups is 1. The van der Waals surface area contributed by atoms with Gasteiger partial charge >= 0.3 is 0 Å². The van der Waals surface area contributed by atoms with Gasteiger partial charge < -0.3 is 11.3 Å². The van der Waals surface area contributed by atoms with Crippen LogP contribution in [-0.2, 0) is 5.41 Å². The number of nitrogens with one attached hydrogen (secondary N) is 1. The third kappa shape index (κ3) is 3.07. The minimum absolute atomic E-state index is 0.00394. The third-order valence-corrected chi connectivity index (χ3v) is 2.74. The van der Waals surface area contributed by atoms with Crippen molar-refractivity contribution in [2.24, 2.45) is 16.8 Å². The summed E-state index contributed by atoms with van der Waals surface area (Å²) in [6.45, 7) is 7.75. The van der Waals surface area contributed by atoms with Crippen molar-refractivity contribution in [3.05, 3.63) is 34.9 Å². The Bertz CT molecular complexity index is 486. The minimum Gasteiger partial charge on any atom is -0.321 e. The number of hydrogen-bond donors (Lipinski definition) is 3. The lowest BCUT2D eigenvalue weighted by atomic mass is 9.84. The maximum atomic E-state index is 11.6. The highest BCUT2D eigenvalue weighted by atomic mass is 16.1. The summed E-state index contributed by atoms with van der Waals surface area (Å²) in [7, 11) is 0. The van der Waals surface area contributed by atoms with Crippen LogP contribution in [0.25, 0.3) is 0 Å². The van der Waals surface area contributed by atoms with Crippen LogP contribution in [0.5, 0.6) is 0 Å². The molecule has 18 heavy (non-hydrogen) atoms. The van der Waals surface area contributed by atoms with Crippen molar-refractivity contribution in [2.75, 3.05) is 0 Å². The highest BCUT2D eigenvalue weighted by Crippen LogP contribution is 2.25. The quantitative estimate of drug-likeness (QED) is 0.241. The van der Waals surface area contributed by atoms with E-state index in [0.29, 0.717) is 17.0 Å². The first kappa shape index (κ1) is 14.2. The van der Waals surface area contributed by atoms with Crippen LogP contribution < -0.4 is 17.1 Å². The fourth-order valence-electron chi connectivity index (χ4n) is 1.60. The fraction of sp³-hybridized carbons (Fsp3) is 0.385. The second kappa shape index (κ2) is 5.18. The minimum atomic E-state index is -0.0749. The van der Waals surface area contributed by atoms with Gasteiger partial charge in [-0.25, -0.2) is 5.84 Å². The molecule has 0 aliphatic rings. The standard InChI is InChI=1S/C13H20N4O/c1-8(18)9-5-10(12(16-14)17-15)7-11(6-9)13(2,3)4/h5-7H,14-15H2,1-4H3,(H,16,17). The van der Waals surface area contributed by atoms with Crippen molar-refractivity contribution >= 4 is 11.6 Å². The number of Topliss-reactive ketones (excluding diaryl/α,β-unsaturated/α-hetero) is 1. The molecular weight excluding hydrogens is 228 g/mol. The topological polar surface area (TPSA) is 93.5 Å². The SMILES string of the molecule is CC(=O)c1cc(/C(=N/N)NN)cc(C(C)(C)C)c1. The second-order valence-corrected chi connectivity index (χ2v) is 5.23. The van der Waals surface area contributed by atoms with Crippen molar-refractivity contribution < 1.29 is 4.79 Å². The summed E-state index contributed by atoms with van der Waals surface area (Å²) < 4.78 is 0. The Kier molecular flexibility index (Phi) is 4.08. The van der Waals surface area contributed by atoms with E-state index in [1.807, 2.05) is 12.1 Å². The molecule has 0 aliphatic carbocycles. The van der Waals surface area contributed by atoms with Crippen LogP contribution in [0.2, 0.25) is 0 Å². The number of carbonyl (C=O) groups excluding carboxylic acids is 1. The predicted molar refractivity (Wildman–Crippen MR) is 73.2 cm³/mol. The Morgan fingerprint density at radius 1 is 1.22 bits per heavy atom. The lowest BCUT2D eigenvalue weighted by Gasteiger charge is -2.21. The molecule has 0 aromatic heterocycles. The second-order valence-electron chi connectivity index (χ2n) is 5.23. The van der Waals surface area contributed by atoms with E-state index >= 15 is 0 Å². The summed E-state index contributed by atoms with van der Waals surface area (Å²) in [6.07, 6.45) is 0. The smallest absolute Gasteiger partial charge is 0.166 e. The van der Waals surface area contributed by atoms with E-state index in [4.69, 9.17) is 11.7 Å². The lowest BCUT2D eigenvalue weighted by Crippen LogP contribution is -2.32. The zero-order valence-electron chi connectivity index (χ0n) is 11.2. The molecule has 0 aliphatic heterocycles. The van der Waals surface area contributed by atoms with Crippen molar-refractivity contribution in [3.63, 3.8) is 0 Å². The van der Waals surface area contributed by atoms with E-state index in [1.54, 1.807) is 6.07 Å². The molecule has 0 saturated carbocycles. The number of carbonyl (C=O) groups is 1. The van der Waals surface area contributed by atoms with Crippen LogP contribution in [0.3, 0.4) is 0 Å². The van der Waals surface area contributed by atoms with Gasteiger partial charge in [-0.2, -0.15) is 5.10 Å². The first-order valence-electron chi connectivity index (χ1n) is 5.71. The van der Waals surface area contributed by atoms with Crippen molar-refractivity contribution in [3.8, 4) is 0 Å². The maximum absolute atomic E-state index is 11.6. The van der Waals surface area contributed by atoms with Gasteiger partial charge in [0.2, 0.25) is 0 Å². The van der Waals surface area contributed by atoms with E-state index in [1.165, 1.54) is 6.92 Å². The number of benzene rings is 1. The van der Waals surface area contributed by atoms with Gasteiger partial charge in [-0.3, -0.25) is 4.79 Å². The van der Waals surface area contributed by atoms with E-state index in [-0.39, 0.29) is 11.2 Å². The number of ketones is 1. The molecule has 0 fully saturated rings. The predicted octanol–water partition coefficient (Wildman–Crippen LogP) is 1.27. The van der Waals surface area contributed by atoms with Crippen LogP contribution in [0.1, 0.15) is 49.2 Å². The molecule has 0 radical (unpaired) electrons. The van der Waals surface area contributed by atoms with E-state index in [9.17, 15) is 4.79 Å². The summed E-state index contributed by atoms with van der Waals surface area (Å²) in [6, 6.07) is 5.54. The van der Waals surface area contributed by atoms with Crippen molar-refractivity contribution in [1.82, 2.24) is 5.43 Å². The largest absolute Gasteiger partial charge is 0.321 e. The summed E-state index contributed by atoms with van der Waals surface area (Å²) in [4.78, 5) is 11.6. The Morgan fingerprint density at radius 2 is 1.78 bits per heavy atom. The first-order valence-corrected chi connectivity index (χ1v) is 5.71. The van der Waals surface area contributed by atoms with Crippen LogP contribution in [-0.4, -0.2) is 11.6 Å². The molecule has 0 atom stereocenters. The highest BCUT2D eigenvalue weighted by Gasteiger charge is 2.17. The van der Waals surface area contributed by atoms with Crippen molar-refractivity contribution in [1.29, 1.82) is 0 Å². The normalized spacial score (nSPS) is 12.4. The molecule has 5 heteroatoms. The van der Waals surface area contributed by atoms with Crippen molar-refractivity contribution in [2.45, 2.75) is 33.1 Å². The molecule has 98 valence electrons. The van der Waals surface area contributed by atoms with Gasteiger partial charge in [-0.1, -0.05) is 20.8 Å². The summed E-state index contributed by atoms with van der Waals surface area (Å²) >= 11 is 0. The maximum Gasteiger partial charge on any atom is 0.166 e. The summed E-state index contributed by atoms with van der Waals surface area (Å²) in [5.74, 6) is 11.0. The van der Waals surface area contributed by atoms with Gasteiger partial charge in [0.1, 0.15) is 0 Å². The highest BCUT2D eigenvalue weighted by molar-refractivity contribution is 6.02. The Hall–Kier alpha value is -1.88. The molecule has 5 nitrogen and oxygen atoms in total. The molecule has 0 bridgehead atoms. The number of nitrogens with zero attached hydrogens (tertiary/aromatic N) is 1. The van der Waals surface area contributed by atoms with Gasteiger partial charge in [-0.15, -0.1) is 0 Å². The fourth-order valence-corrected chi connectivity index (χ4v) is 1.60. The zero-order chi connectivity index (χ0) is 13.9. The molecule has 1 aromatic rings. The Balaban J connectivity index is 3.45. The number of hydrazone groups is 1.